The number of imide groups is 1. The zero-order valence-electron chi connectivity index (χ0n) is 15.3. The molecule has 2 rings (SSSR count). The van der Waals surface area contributed by atoms with Crippen LogP contribution in [0.2, 0.25) is 0 Å². The normalized spacial score (nSPS) is 14.2. The van der Waals surface area contributed by atoms with Crippen molar-refractivity contribution in [3.05, 3.63) is 35.4 Å². The summed E-state index contributed by atoms with van der Waals surface area (Å²) in [4.78, 5) is 30.4. The molecule has 0 radical (unpaired) electrons. The molecular formula is C19H28N4O2. The Bertz CT molecular complexity index is 605. The minimum absolute atomic E-state index is 0.180. The summed E-state index contributed by atoms with van der Waals surface area (Å²) in [6.07, 6.45) is 1.63. The molecule has 0 aromatic heterocycles. The maximum Gasteiger partial charge on any atom is 0.261 e. The van der Waals surface area contributed by atoms with Crippen LogP contribution in [0.3, 0.4) is 0 Å². The number of hydrogen-bond donors (Lipinski definition) is 2. The van der Waals surface area contributed by atoms with Crippen molar-refractivity contribution in [1.29, 1.82) is 0 Å². The van der Waals surface area contributed by atoms with E-state index in [-0.39, 0.29) is 11.8 Å². The van der Waals surface area contributed by atoms with Crippen molar-refractivity contribution in [2.24, 2.45) is 10.9 Å². The zero-order valence-corrected chi connectivity index (χ0v) is 15.3. The lowest BCUT2D eigenvalue weighted by Gasteiger charge is -2.15. The maximum atomic E-state index is 12.3. The second-order valence-electron chi connectivity index (χ2n) is 6.55. The van der Waals surface area contributed by atoms with Crippen molar-refractivity contribution < 1.29 is 9.59 Å². The van der Waals surface area contributed by atoms with Gasteiger partial charge in [-0.15, -0.1) is 0 Å². The van der Waals surface area contributed by atoms with Crippen molar-refractivity contribution in [3.63, 3.8) is 0 Å². The first kappa shape index (κ1) is 19.0. The molecule has 0 bridgehead atoms. The Labute approximate surface area is 149 Å². The Morgan fingerprint density at radius 3 is 2.28 bits per heavy atom. The summed E-state index contributed by atoms with van der Waals surface area (Å²) in [6, 6.07) is 7.00. The topological polar surface area (TPSA) is 73.8 Å². The summed E-state index contributed by atoms with van der Waals surface area (Å²) < 4.78 is 0. The molecule has 0 aliphatic carbocycles. The third-order valence-corrected chi connectivity index (χ3v) is 3.94. The van der Waals surface area contributed by atoms with Gasteiger partial charge in [-0.05, 0) is 37.8 Å². The van der Waals surface area contributed by atoms with Crippen LogP contribution in [-0.4, -0.2) is 48.9 Å². The van der Waals surface area contributed by atoms with Crippen molar-refractivity contribution >= 4 is 17.8 Å². The SMILES string of the molecule is CCNC(=NCC(C)C)NCCCCN1C(=O)c2ccccc2C1=O. The summed E-state index contributed by atoms with van der Waals surface area (Å²) in [5.41, 5.74) is 1.03. The lowest BCUT2D eigenvalue weighted by Crippen LogP contribution is -2.38. The molecule has 1 aromatic rings. The molecule has 136 valence electrons. The second kappa shape index (κ2) is 9.20. The highest BCUT2D eigenvalue weighted by Gasteiger charge is 2.34. The van der Waals surface area contributed by atoms with Gasteiger partial charge in [0.05, 0.1) is 11.1 Å². The molecular weight excluding hydrogens is 316 g/mol. The second-order valence-corrected chi connectivity index (χ2v) is 6.55. The van der Waals surface area contributed by atoms with E-state index in [9.17, 15) is 9.59 Å². The average Bonchev–Trinajstić information content (AvgIpc) is 2.84. The Balaban J connectivity index is 1.75. The number of carbonyl (C=O) groups is 2. The Morgan fingerprint density at radius 1 is 1.08 bits per heavy atom. The molecule has 0 saturated heterocycles. The minimum atomic E-state index is -0.180. The number of amides is 2. The van der Waals surface area contributed by atoms with Gasteiger partial charge in [0, 0.05) is 26.2 Å². The standard InChI is InChI=1S/C19H28N4O2/c1-4-20-19(22-13-14(2)3)21-11-7-8-12-23-17(24)15-9-5-6-10-16(15)18(23)25/h5-6,9-10,14H,4,7-8,11-13H2,1-3H3,(H2,20,21,22). The number of carbonyl (C=O) groups excluding carboxylic acids is 2. The van der Waals surface area contributed by atoms with E-state index in [1.54, 1.807) is 24.3 Å². The predicted octanol–water partition coefficient (Wildman–Crippen LogP) is 2.27. The van der Waals surface area contributed by atoms with Crippen LogP contribution in [0.4, 0.5) is 0 Å². The summed E-state index contributed by atoms with van der Waals surface area (Å²) in [5.74, 6) is 0.974. The number of fused-ring (bicyclic) bond motifs is 1. The Kier molecular flexibility index (Phi) is 6.98. The highest BCUT2D eigenvalue weighted by atomic mass is 16.2. The van der Waals surface area contributed by atoms with E-state index in [1.807, 2.05) is 6.92 Å². The van der Waals surface area contributed by atoms with Crippen molar-refractivity contribution in [1.82, 2.24) is 15.5 Å². The van der Waals surface area contributed by atoms with Gasteiger partial charge in [0.1, 0.15) is 0 Å². The van der Waals surface area contributed by atoms with Gasteiger partial charge < -0.3 is 10.6 Å². The number of hydrogen-bond acceptors (Lipinski definition) is 3. The molecule has 0 spiro atoms. The van der Waals surface area contributed by atoms with Gasteiger partial charge in [0.15, 0.2) is 5.96 Å². The third kappa shape index (κ3) is 5.05. The first-order valence-electron chi connectivity index (χ1n) is 9.02. The van der Waals surface area contributed by atoms with Crippen LogP contribution >= 0.6 is 0 Å². The molecule has 2 N–H and O–H groups in total. The fourth-order valence-corrected chi connectivity index (χ4v) is 2.66. The van der Waals surface area contributed by atoms with E-state index in [4.69, 9.17) is 0 Å². The first-order chi connectivity index (χ1) is 12.0. The lowest BCUT2D eigenvalue weighted by atomic mass is 10.1. The van der Waals surface area contributed by atoms with Crippen LogP contribution in [0.25, 0.3) is 0 Å². The van der Waals surface area contributed by atoms with Crippen LogP contribution in [0.15, 0.2) is 29.3 Å². The number of nitrogens with zero attached hydrogens (tertiary/aromatic N) is 2. The van der Waals surface area contributed by atoms with E-state index in [0.29, 0.717) is 23.6 Å². The molecule has 0 unspecified atom stereocenters. The van der Waals surface area contributed by atoms with Crippen molar-refractivity contribution in [2.75, 3.05) is 26.2 Å². The molecule has 0 fully saturated rings. The summed E-state index contributed by atoms with van der Waals surface area (Å²) in [5, 5.41) is 6.51. The lowest BCUT2D eigenvalue weighted by molar-refractivity contribution is 0.0652. The Hall–Kier alpha value is -2.37. The number of aliphatic imine (C=N–C) groups is 1. The summed E-state index contributed by atoms with van der Waals surface area (Å²) >= 11 is 0. The van der Waals surface area contributed by atoms with Crippen molar-refractivity contribution in [2.45, 2.75) is 33.6 Å². The fraction of sp³-hybridized carbons (Fsp3) is 0.526. The van der Waals surface area contributed by atoms with E-state index in [0.717, 1.165) is 38.4 Å². The third-order valence-electron chi connectivity index (χ3n) is 3.94. The molecule has 0 saturated carbocycles. The van der Waals surface area contributed by atoms with Crippen molar-refractivity contribution in [3.8, 4) is 0 Å². The largest absolute Gasteiger partial charge is 0.357 e. The number of benzene rings is 1. The number of rotatable bonds is 8. The molecule has 25 heavy (non-hydrogen) atoms. The molecule has 1 aromatic carbocycles. The average molecular weight is 344 g/mol. The quantitative estimate of drug-likeness (QED) is 0.328. The summed E-state index contributed by atoms with van der Waals surface area (Å²) in [6.45, 7) is 9.11. The number of unbranched alkanes of at least 4 members (excludes halogenated alkanes) is 1. The van der Waals surface area contributed by atoms with Gasteiger partial charge in [-0.1, -0.05) is 26.0 Å². The highest BCUT2D eigenvalue weighted by molar-refractivity contribution is 6.21. The molecule has 0 atom stereocenters. The maximum absolute atomic E-state index is 12.3. The zero-order chi connectivity index (χ0) is 18.2. The van der Waals surface area contributed by atoms with Crippen LogP contribution in [-0.2, 0) is 0 Å². The van der Waals surface area contributed by atoms with Gasteiger partial charge in [0.2, 0.25) is 0 Å². The van der Waals surface area contributed by atoms with Gasteiger partial charge in [-0.25, -0.2) is 0 Å². The fourth-order valence-electron chi connectivity index (χ4n) is 2.66. The van der Waals surface area contributed by atoms with E-state index in [2.05, 4.69) is 29.5 Å². The monoisotopic (exact) mass is 344 g/mol. The predicted molar refractivity (Wildman–Crippen MR) is 99.9 cm³/mol. The highest BCUT2D eigenvalue weighted by Crippen LogP contribution is 2.22. The molecule has 2 amide bonds. The molecule has 1 heterocycles. The van der Waals surface area contributed by atoms with Crippen LogP contribution in [0, 0.1) is 5.92 Å². The van der Waals surface area contributed by atoms with Crippen LogP contribution < -0.4 is 10.6 Å². The Morgan fingerprint density at radius 2 is 1.72 bits per heavy atom. The number of guanidine groups is 1. The molecule has 6 heteroatoms. The number of nitrogens with one attached hydrogen (secondary N) is 2. The smallest absolute Gasteiger partial charge is 0.261 e. The van der Waals surface area contributed by atoms with E-state index >= 15 is 0 Å². The summed E-state index contributed by atoms with van der Waals surface area (Å²) in [7, 11) is 0. The van der Waals surface area contributed by atoms with Crippen LogP contribution in [0.5, 0.6) is 0 Å². The van der Waals surface area contributed by atoms with Crippen LogP contribution in [0.1, 0.15) is 54.3 Å². The molecule has 1 aliphatic rings. The van der Waals surface area contributed by atoms with Gasteiger partial charge in [0.25, 0.3) is 11.8 Å². The van der Waals surface area contributed by atoms with Gasteiger partial charge in [-0.2, -0.15) is 0 Å². The van der Waals surface area contributed by atoms with E-state index in [1.165, 1.54) is 4.90 Å². The van der Waals surface area contributed by atoms with Gasteiger partial charge >= 0.3 is 0 Å². The van der Waals surface area contributed by atoms with Gasteiger partial charge in [-0.3, -0.25) is 19.5 Å². The minimum Gasteiger partial charge on any atom is -0.357 e. The molecule has 6 nitrogen and oxygen atoms in total. The van der Waals surface area contributed by atoms with E-state index < -0.39 is 0 Å². The first-order valence-corrected chi connectivity index (χ1v) is 9.02. The molecule has 1 aliphatic heterocycles.